The van der Waals surface area contributed by atoms with Crippen LogP contribution < -0.4 is 0 Å². The van der Waals surface area contributed by atoms with Crippen molar-refractivity contribution in [2.45, 2.75) is 60.9 Å². The molecule has 1 fully saturated rings. The predicted molar refractivity (Wildman–Crippen MR) is 129 cm³/mol. The molecule has 1 aliphatic rings. The fraction of sp³-hybridized carbons (Fsp3) is 0.538. The first-order valence-electron chi connectivity index (χ1n) is 11.5. The zero-order chi connectivity index (χ0) is 23.1. The number of hydrogen-bond acceptors (Lipinski definition) is 3. The molecule has 170 valence electrons. The predicted octanol–water partition coefficient (Wildman–Crippen LogP) is 5.56. The van der Waals surface area contributed by atoms with E-state index in [1.807, 2.05) is 50.8 Å². The van der Waals surface area contributed by atoms with Crippen LogP contribution in [0, 0.1) is 11.7 Å². The van der Waals surface area contributed by atoms with Gasteiger partial charge in [-0.1, -0.05) is 45.0 Å². The number of rotatable bonds is 7. The van der Waals surface area contributed by atoms with E-state index >= 15 is 0 Å². The number of amides is 1. The lowest BCUT2D eigenvalue weighted by Gasteiger charge is -2.43. The molecule has 0 unspecified atom stereocenters. The van der Waals surface area contributed by atoms with Crippen LogP contribution in [-0.4, -0.2) is 53.6 Å². The second-order valence-electron chi connectivity index (χ2n) is 8.40. The van der Waals surface area contributed by atoms with Crippen molar-refractivity contribution in [3.8, 4) is 0 Å². The van der Waals surface area contributed by atoms with E-state index in [4.69, 9.17) is 4.99 Å². The third-order valence-corrected chi connectivity index (χ3v) is 5.92. The molecular weight excluding hydrogens is 389 g/mol. The summed E-state index contributed by atoms with van der Waals surface area (Å²) in [6, 6.07) is 7.10. The quantitative estimate of drug-likeness (QED) is 0.422. The van der Waals surface area contributed by atoms with Crippen LogP contribution in [-0.2, 0) is 4.79 Å². The van der Waals surface area contributed by atoms with E-state index in [2.05, 4.69) is 25.7 Å². The van der Waals surface area contributed by atoms with Gasteiger partial charge in [0.25, 0.3) is 0 Å². The van der Waals surface area contributed by atoms with Crippen LogP contribution in [0.3, 0.4) is 0 Å². The SMILES string of the molecule is C/C=C(\C(C(CC)=NCC)=C(\C)N1CCN(C(=O)C(C)C)C[C@@H]1C)c1ccccc1F. The third-order valence-electron chi connectivity index (χ3n) is 5.92. The van der Waals surface area contributed by atoms with Crippen LogP contribution in [0.2, 0.25) is 0 Å². The molecule has 1 amide bonds. The second kappa shape index (κ2) is 11.3. The number of carbonyl (C=O) groups is 1. The first-order chi connectivity index (χ1) is 14.8. The van der Waals surface area contributed by atoms with Gasteiger partial charge in [0.1, 0.15) is 5.82 Å². The largest absolute Gasteiger partial charge is 0.368 e. The van der Waals surface area contributed by atoms with Gasteiger partial charge in [-0.05, 0) is 45.8 Å². The Morgan fingerprint density at radius 2 is 1.94 bits per heavy atom. The average Bonchev–Trinajstić information content (AvgIpc) is 2.75. The minimum Gasteiger partial charge on any atom is -0.368 e. The molecule has 0 bridgehead atoms. The number of allylic oxidation sites excluding steroid dienone is 4. The Balaban J connectivity index is 2.54. The number of nitrogens with zero attached hydrogens (tertiary/aromatic N) is 3. The highest BCUT2D eigenvalue weighted by atomic mass is 19.1. The topological polar surface area (TPSA) is 35.9 Å². The highest BCUT2D eigenvalue weighted by Crippen LogP contribution is 2.32. The van der Waals surface area contributed by atoms with Crippen LogP contribution in [0.1, 0.15) is 60.5 Å². The molecule has 1 atom stereocenters. The van der Waals surface area contributed by atoms with Crippen molar-refractivity contribution in [1.29, 1.82) is 0 Å². The summed E-state index contributed by atoms with van der Waals surface area (Å²) in [5.74, 6) is -0.0195. The summed E-state index contributed by atoms with van der Waals surface area (Å²) in [6.07, 6.45) is 2.76. The maximum atomic E-state index is 14.8. The highest BCUT2D eigenvalue weighted by molar-refractivity contribution is 6.13. The molecule has 31 heavy (non-hydrogen) atoms. The fourth-order valence-electron chi connectivity index (χ4n) is 4.40. The maximum Gasteiger partial charge on any atom is 0.225 e. The lowest BCUT2D eigenvalue weighted by atomic mass is 9.90. The Bertz CT molecular complexity index is 869. The maximum absolute atomic E-state index is 14.8. The van der Waals surface area contributed by atoms with Gasteiger partial charge in [-0.15, -0.1) is 0 Å². The van der Waals surface area contributed by atoms with Gasteiger partial charge in [-0.25, -0.2) is 4.39 Å². The zero-order valence-electron chi connectivity index (χ0n) is 20.2. The van der Waals surface area contributed by atoms with E-state index in [-0.39, 0.29) is 23.7 Å². The summed E-state index contributed by atoms with van der Waals surface area (Å²) in [7, 11) is 0. The van der Waals surface area contributed by atoms with E-state index < -0.39 is 0 Å². The molecule has 1 saturated heterocycles. The summed E-state index contributed by atoms with van der Waals surface area (Å²) in [5.41, 5.74) is 4.56. The van der Waals surface area contributed by atoms with Gasteiger partial charge < -0.3 is 9.80 Å². The van der Waals surface area contributed by atoms with Crippen LogP contribution in [0.25, 0.3) is 5.57 Å². The molecule has 2 rings (SSSR count). The van der Waals surface area contributed by atoms with Crippen LogP contribution in [0.4, 0.5) is 4.39 Å². The summed E-state index contributed by atoms with van der Waals surface area (Å²) in [5, 5.41) is 0. The molecule has 0 radical (unpaired) electrons. The van der Waals surface area contributed by atoms with Gasteiger partial charge in [-0.3, -0.25) is 9.79 Å². The zero-order valence-corrected chi connectivity index (χ0v) is 20.2. The van der Waals surface area contributed by atoms with E-state index in [0.29, 0.717) is 25.2 Å². The van der Waals surface area contributed by atoms with Crippen molar-refractivity contribution in [3.05, 3.63) is 53.0 Å². The minimum absolute atomic E-state index is 0.00464. The molecule has 0 spiro atoms. The summed E-state index contributed by atoms with van der Waals surface area (Å²) < 4.78 is 14.8. The van der Waals surface area contributed by atoms with Gasteiger partial charge in [0.05, 0.1) is 0 Å². The first kappa shape index (κ1) is 24.8. The molecule has 5 heteroatoms. The molecule has 0 N–H and O–H groups in total. The monoisotopic (exact) mass is 427 g/mol. The Morgan fingerprint density at radius 3 is 2.45 bits per heavy atom. The van der Waals surface area contributed by atoms with Crippen LogP contribution in [0.15, 0.2) is 46.6 Å². The molecule has 1 heterocycles. The number of piperazine rings is 1. The van der Waals surface area contributed by atoms with Crippen molar-refractivity contribution >= 4 is 17.2 Å². The molecule has 0 aromatic heterocycles. The van der Waals surface area contributed by atoms with E-state index in [1.54, 1.807) is 6.07 Å². The van der Waals surface area contributed by atoms with E-state index in [9.17, 15) is 9.18 Å². The van der Waals surface area contributed by atoms with Gasteiger partial charge in [0.2, 0.25) is 5.91 Å². The minimum atomic E-state index is -0.228. The number of carbonyl (C=O) groups excluding carboxylic acids is 1. The molecular formula is C26H38FN3O. The Morgan fingerprint density at radius 1 is 1.26 bits per heavy atom. The summed E-state index contributed by atoms with van der Waals surface area (Å²) in [6.45, 7) is 17.1. The van der Waals surface area contributed by atoms with E-state index in [0.717, 1.165) is 35.5 Å². The van der Waals surface area contributed by atoms with E-state index in [1.165, 1.54) is 6.07 Å². The Labute approximate surface area is 187 Å². The van der Waals surface area contributed by atoms with Crippen LogP contribution in [0.5, 0.6) is 0 Å². The lowest BCUT2D eigenvalue weighted by Crippen LogP contribution is -2.54. The van der Waals surface area contributed by atoms with Crippen molar-refractivity contribution < 1.29 is 9.18 Å². The number of hydrogen-bond donors (Lipinski definition) is 0. The first-order valence-corrected chi connectivity index (χ1v) is 11.5. The number of halogens is 1. The van der Waals surface area contributed by atoms with Crippen molar-refractivity contribution in [2.24, 2.45) is 10.9 Å². The van der Waals surface area contributed by atoms with Crippen molar-refractivity contribution in [1.82, 2.24) is 9.80 Å². The molecule has 1 aromatic carbocycles. The van der Waals surface area contributed by atoms with Crippen molar-refractivity contribution in [2.75, 3.05) is 26.2 Å². The molecule has 1 aromatic rings. The average molecular weight is 428 g/mol. The van der Waals surface area contributed by atoms with Gasteiger partial charge in [-0.2, -0.15) is 0 Å². The molecule has 1 aliphatic heterocycles. The summed E-state index contributed by atoms with van der Waals surface area (Å²) >= 11 is 0. The fourth-order valence-corrected chi connectivity index (χ4v) is 4.40. The number of aliphatic imine (C=N–C) groups is 1. The lowest BCUT2D eigenvalue weighted by molar-refractivity contribution is -0.136. The highest BCUT2D eigenvalue weighted by Gasteiger charge is 2.30. The normalized spacial score (nSPS) is 19.1. The summed E-state index contributed by atoms with van der Waals surface area (Å²) in [4.78, 5) is 21.6. The molecule has 0 aliphatic carbocycles. The Kier molecular flexibility index (Phi) is 9.02. The third kappa shape index (κ3) is 5.63. The standard InChI is InChI=1S/C26H38FN3O/c1-8-21(22-13-11-12-14-23(22)27)25(24(9-2)28-10-3)20(7)30-16-15-29(17-19(30)6)26(31)18(4)5/h8,11-14,18-19H,9-10,15-17H2,1-7H3/b21-8-,25-20+,28-24?/t19-/m0/s1. The molecule has 4 nitrogen and oxygen atoms in total. The van der Waals surface area contributed by atoms with Crippen LogP contribution >= 0.6 is 0 Å². The smallest absolute Gasteiger partial charge is 0.225 e. The van der Waals surface area contributed by atoms with Gasteiger partial charge in [0.15, 0.2) is 0 Å². The second-order valence-corrected chi connectivity index (χ2v) is 8.40. The van der Waals surface area contributed by atoms with Gasteiger partial charge >= 0.3 is 0 Å². The Hall–Kier alpha value is -2.43. The number of benzene rings is 1. The van der Waals surface area contributed by atoms with Gasteiger partial charge in [0, 0.05) is 60.7 Å². The molecule has 0 saturated carbocycles. The van der Waals surface area contributed by atoms with Crippen molar-refractivity contribution in [3.63, 3.8) is 0 Å².